The fourth-order valence-corrected chi connectivity index (χ4v) is 3.25. The van der Waals surface area contributed by atoms with Gasteiger partial charge in [-0.3, -0.25) is 19.4 Å². The van der Waals surface area contributed by atoms with Gasteiger partial charge in [-0.25, -0.2) is 4.79 Å². The van der Waals surface area contributed by atoms with Gasteiger partial charge in [0.05, 0.1) is 19.8 Å². The van der Waals surface area contributed by atoms with E-state index in [4.69, 9.17) is 14.2 Å². The average molecular weight is 465 g/mol. The van der Waals surface area contributed by atoms with Gasteiger partial charge in [0.15, 0.2) is 0 Å². The van der Waals surface area contributed by atoms with Gasteiger partial charge in [0, 0.05) is 38.4 Å². The van der Waals surface area contributed by atoms with E-state index in [1.165, 1.54) is 0 Å². The van der Waals surface area contributed by atoms with Gasteiger partial charge in [0.25, 0.3) is 5.91 Å². The summed E-state index contributed by atoms with van der Waals surface area (Å²) in [5.41, 5.74) is 1.52. The van der Waals surface area contributed by atoms with Crippen LogP contribution in [0.5, 0.6) is 0 Å². The number of nitrogens with one attached hydrogen (secondary N) is 3. The second kappa shape index (κ2) is 13.5. The number of rotatable bonds is 10. The predicted molar refractivity (Wildman–Crippen MR) is 117 cm³/mol. The minimum atomic E-state index is -1.09. The number of nitrogens with zero attached hydrogens (tertiary/aromatic N) is 1. The summed E-state index contributed by atoms with van der Waals surface area (Å²) in [5, 5.41) is 7.70. The van der Waals surface area contributed by atoms with Gasteiger partial charge in [0.2, 0.25) is 11.7 Å². The third kappa shape index (κ3) is 8.43. The monoisotopic (exact) mass is 464 g/mol. The first-order valence-corrected chi connectivity index (χ1v) is 10.9. The molecule has 0 fully saturated rings. The van der Waals surface area contributed by atoms with Gasteiger partial charge >= 0.3 is 6.09 Å². The predicted octanol–water partition coefficient (Wildman–Crippen LogP) is -0.236. The van der Waals surface area contributed by atoms with Crippen molar-refractivity contribution in [2.24, 2.45) is 5.92 Å². The van der Waals surface area contributed by atoms with Crippen LogP contribution < -0.4 is 16.0 Å². The highest BCUT2D eigenvalue weighted by molar-refractivity contribution is 6.38. The number of methoxy groups -OCH3 is 1. The van der Waals surface area contributed by atoms with Crippen molar-refractivity contribution in [3.8, 4) is 0 Å². The van der Waals surface area contributed by atoms with Crippen molar-refractivity contribution in [2.45, 2.75) is 38.8 Å². The van der Waals surface area contributed by atoms with Gasteiger partial charge in [-0.1, -0.05) is 19.9 Å². The Morgan fingerprint density at radius 2 is 1.97 bits per heavy atom. The van der Waals surface area contributed by atoms with Crippen LogP contribution in [0.25, 0.3) is 0 Å². The van der Waals surface area contributed by atoms with Crippen LogP contribution in [0, 0.1) is 5.92 Å². The summed E-state index contributed by atoms with van der Waals surface area (Å²) >= 11 is 0. The molecular weight excluding hydrogens is 432 g/mol. The van der Waals surface area contributed by atoms with E-state index in [9.17, 15) is 19.2 Å². The third-order valence-corrected chi connectivity index (χ3v) is 5.03. The Morgan fingerprint density at radius 1 is 1.21 bits per heavy atom. The molecule has 0 saturated heterocycles. The molecule has 182 valence electrons. The molecule has 1 aliphatic rings. The van der Waals surface area contributed by atoms with Gasteiger partial charge in [0.1, 0.15) is 18.7 Å². The maximum absolute atomic E-state index is 13.0. The first-order valence-electron chi connectivity index (χ1n) is 10.9. The standard InChI is InChI=1S/C22H32N4O7/c1-14(2)18(26-22(30)33-12-11-32-10-9-31-3)20(28)25-17-13-15-5-4-7-23-16(15)6-8-24-21(29)19(17)27/h4-5,7,14,17-18H,6,8-13H2,1-3H3,(H,24,29)(H,25,28)(H,26,30). The summed E-state index contributed by atoms with van der Waals surface area (Å²) in [6.07, 6.45) is 1.45. The number of hydrogen-bond acceptors (Lipinski definition) is 8. The molecule has 1 aromatic rings. The SMILES string of the molecule is COCCOCCOC(=O)NC(C(=O)NC1Cc2cccnc2CCNC(=O)C1=O)C(C)C. The largest absolute Gasteiger partial charge is 0.447 e. The van der Waals surface area contributed by atoms with E-state index in [1.54, 1.807) is 33.2 Å². The molecule has 2 heterocycles. The van der Waals surface area contributed by atoms with Gasteiger partial charge in [-0.05, 0) is 17.5 Å². The van der Waals surface area contributed by atoms with E-state index in [-0.39, 0.29) is 32.1 Å². The van der Waals surface area contributed by atoms with Crippen LogP contribution in [0.4, 0.5) is 4.79 Å². The maximum Gasteiger partial charge on any atom is 0.407 e. The minimum Gasteiger partial charge on any atom is -0.447 e. The van der Waals surface area contributed by atoms with Gasteiger partial charge < -0.3 is 30.2 Å². The fraction of sp³-hybridized carbons (Fsp3) is 0.591. The van der Waals surface area contributed by atoms with Crippen LogP contribution in [0.15, 0.2) is 18.3 Å². The molecule has 3 amide bonds. The highest BCUT2D eigenvalue weighted by Gasteiger charge is 2.33. The summed E-state index contributed by atoms with van der Waals surface area (Å²) in [7, 11) is 1.55. The lowest BCUT2D eigenvalue weighted by atomic mass is 9.98. The molecule has 2 unspecified atom stereocenters. The van der Waals surface area contributed by atoms with Crippen LogP contribution in [-0.2, 0) is 41.4 Å². The number of carbonyl (C=O) groups excluding carboxylic acids is 4. The Bertz CT molecular complexity index is 831. The molecule has 0 radical (unpaired) electrons. The smallest absolute Gasteiger partial charge is 0.407 e. The Labute approximate surface area is 192 Å². The molecule has 2 atom stereocenters. The van der Waals surface area contributed by atoms with E-state index in [2.05, 4.69) is 20.9 Å². The lowest BCUT2D eigenvalue weighted by Gasteiger charge is -2.24. The number of pyridine rings is 1. The molecular formula is C22H32N4O7. The van der Waals surface area contributed by atoms with Gasteiger partial charge in [-0.15, -0.1) is 0 Å². The average Bonchev–Trinajstić information content (AvgIpc) is 2.84. The van der Waals surface area contributed by atoms with Crippen molar-refractivity contribution in [2.75, 3.05) is 40.1 Å². The lowest BCUT2D eigenvalue weighted by molar-refractivity contribution is -0.140. The maximum atomic E-state index is 13.0. The second-order valence-electron chi connectivity index (χ2n) is 7.85. The van der Waals surface area contributed by atoms with E-state index in [1.807, 2.05) is 6.07 Å². The number of aromatic nitrogens is 1. The zero-order chi connectivity index (χ0) is 24.2. The molecule has 0 spiro atoms. The van der Waals surface area contributed by atoms with Crippen LogP contribution in [0.1, 0.15) is 25.1 Å². The Balaban J connectivity index is 2.01. The summed E-state index contributed by atoms with van der Waals surface area (Å²) in [6, 6.07) is 1.49. The Morgan fingerprint density at radius 3 is 2.70 bits per heavy atom. The quantitative estimate of drug-likeness (QED) is 0.318. The number of amides is 3. The summed E-state index contributed by atoms with van der Waals surface area (Å²) in [4.78, 5) is 54.3. The first-order chi connectivity index (χ1) is 15.8. The molecule has 2 rings (SSSR count). The zero-order valence-corrected chi connectivity index (χ0v) is 19.2. The Hall–Kier alpha value is -3.05. The topological polar surface area (TPSA) is 145 Å². The molecule has 11 heteroatoms. The molecule has 11 nitrogen and oxygen atoms in total. The van der Waals surface area contributed by atoms with Gasteiger partial charge in [-0.2, -0.15) is 0 Å². The van der Waals surface area contributed by atoms with E-state index >= 15 is 0 Å². The van der Waals surface area contributed by atoms with Crippen molar-refractivity contribution < 1.29 is 33.4 Å². The molecule has 3 N–H and O–H groups in total. The van der Waals surface area contributed by atoms with E-state index < -0.39 is 35.8 Å². The lowest BCUT2D eigenvalue weighted by Crippen LogP contribution is -2.56. The second-order valence-corrected chi connectivity index (χ2v) is 7.85. The number of ketones is 1. The summed E-state index contributed by atoms with van der Waals surface area (Å²) < 4.78 is 15.1. The van der Waals surface area contributed by atoms with Crippen molar-refractivity contribution in [3.63, 3.8) is 0 Å². The molecule has 0 saturated carbocycles. The number of ether oxygens (including phenoxy) is 3. The molecule has 1 aromatic heterocycles. The number of hydrogen-bond donors (Lipinski definition) is 3. The highest BCUT2D eigenvalue weighted by atomic mass is 16.6. The molecule has 1 aliphatic heterocycles. The summed E-state index contributed by atoms with van der Waals surface area (Å²) in [5.74, 6) is -2.41. The number of fused-ring (bicyclic) bond motifs is 1. The van der Waals surface area contributed by atoms with Crippen molar-refractivity contribution in [3.05, 3.63) is 29.6 Å². The molecule has 33 heavy (non-hydrogen) atoms. The van der Waals surface area contributed by atoms with Crippen molar-refractivity contribution in [1.29, 1.82) is 0 Å². The number of Topliss-reactive ketones (excluding diaryl/α,β-unsaturated/α-hetero) is 1. The van der Waals surface area contributed by atoms with Crippen LogP contribution in [0.2, 0.25) is 0 Å². The molecule has 0 aromatic carbocycles. The highest BCUT2D eigenvalue weighted by Crippen LogP contribution is 2.12. The third-order valence-electron chi connectivity index (χ3n) is 5.03. The van der Waals surface area contributed by atoms with Crippen LogP contribution in [-0.4, -0.2) is 80.8 Å². The van der Waals surface area contributed by atoms with Crippen molar-refractivity contribution in [1.82, 2.24) is 20.9 Å². The Kier molecular flexibility index (Phi) is 10.7. The molecule has 0 aliphatic carbocycles. The normalized spacial score (nSPS) is 17.2. The van der Waals surface area contributed by atoms with Crippen LogP contribution in [0.3, 0.4) is 0 Å². The molecule has 0 bridgehead atoms. The van der Waals surface area contributed by atoms with Crippen molar-refractivity contribution >= 4 is 23.7 Å². The summed E-state index contributed by atoms with van der Waals surface area (Å²) in [6.45, 7) is 4.76. The first kappa shape index (κ1) is 26.2. The minimum absolute atomic E-state index is 0.00699. The van der Waals surface area contributed by atoms with E-state index in [0.29, 0.717) is 19.6 Å². The van der Waals surface area contributed by atoms with Crippen LogP contribution >= 0.6 is 0 Å². The zero-order valence-electron chi connectivity index (χ0n) is 19.2. The van der Waals surface area contributed by atoms with E-state index in [0.717, 1.165) is 11.3 Å². The number of carbonyl (C=O) groups is 4. The fourth-order valence-electron chi connectivity index (χ4n) is 3.25. The number of alkyl carbamates (subject to hydrolysis) is 1.